The number of ether oxygens (including phenoxy) is 2. The van der Waals surface area contributed by atoms with Gasteiger partial charge in [-0.15, -0.1) is 0 Å². The molecule has 2 bridgehead atoms. The van der Waals surface area contributed by atoms with Gasteiger partial charge >= 0.3 is 0 Å². The Morgan fingerprint density at radius 3 is 2.86 bits per heavy atom. The third-order valence-corrected chi connectivity index (χ3v) is 4.52. The Bertz CT molecular complexity index is 569. The molecule has 1 aliphatic carbocycles. The first-order valence-corrected chi connectivity index (χ1v) is 8.04. The fourth-order valence-corrected chi connectivity index (χ4v) is 3.52. The topological polar surface area (TPSA) is 38.8 Å². The summed E-state index contributed by atoms with van der Waals surface area (Å²) in [6.45, 7) is 7.43. The number of carbonyl (C=O) groups is 1. The van der Waals surface area contributed by atoms with Crippen molar-refractivity contribution in [1.29, 1.82) is 0 Å². The third-order valence-electron chi connectivity index (χ3n) is 4.52. The average molecular weight is 301 g/mol. The molecule has 3 rings (SSSR count). The molecule has 118 valence electrons. The fourth-order valence-electron chi connectivity index (χ4n) is 3.52. The first-order chi connectivity index (χ1) is 10.7. The van der Waals surface area contributed by atoms with E-state index in [0.29, 0.717) is 42.2 Å². The predicted molar refractivity (Wildman–Crippen MR) is 85.5 cm³/mol. The minimum absolute atomic E-state index is 0.114. The second-order valence-electron chi connectivity index (χ2n) is 5.98. The minimum atomic E-state index is 0.114. The Kier molecular flexibility index (Phi) is 4.36. The van der Waals surface area contributed by atoms with Gasteiger partial charge in [-0.25, -0.2) is 0 Å². The highest BCUT2D eigenvalue weighted by Crippen LogP contribution is 2.38. The average Bonchev–Trinajstić information content (AvgIpc) is 3.16. The molecule has 1 heterocycles. The number of rotatable bonds is 6. The predicted octanol–water partition coefficient (Wildman–Crippen LogP) is 3.27. The second kappa shape index (κ2) is 6.42. The zero-order valence-corrected chi connectivity index (χ0v) is 13.1. The molecule has 0 aromatic heterocycles. The number of nitrogens with zero attached hydrogens (tertiary/aromatic N) is 1. The highest BCUT2D eigenvalue weighted by molar-refractivity contribution is 5.95. The number of fused-ring (bicyclic) bond motifs is 2. The van der Waals surface area contributed by atoms with E-state index in [1.807, 2.05) is 24.0 Å². The summed E-state index contributed by atoms with van der Waals surface area (Å²) in [5.41, 5.74) is 0.682. The Balaban J connectivity index is 1.79. The number of hydrogen-bond donors (Lipinski definition) is 0. The molecule has 1 saturated heterocycles. The van der Waals surface area contributed by atoms with Crippen LogP contribution in [0.1, 0.15) is 36.5 Å². The first-order valence-electron chi connectivity index (χ1n) is 8.04. The summed E-state index contributed by atoms with van der Waals surface area (Å²) < 4.78 is 11.2. The molecular formula is C18H23NO3. The van der Waals surface area contributed by atoms with Gasteiger partial charge in [-0.3, -0.25) is 4.79 Å². The van der Waals surface area contributed by atoms with Gasteiger partial charge in [0.2, 0.25) is 0 Å². The number of amides is 1. The van der Waals surface area contributed by atoms with E-state index >= 15 is 0 Å². The number of likely N-dealkylation sites (tertiary alicyclic amines) is 1. The van der Waals surface area contributed by atoms with Crippen LogP contribution in [0.15, 0.2) is 30.9 Å². The number of benzene rings is 1. The van der Waals surface area contributed by atoms with Gasteiger partial charge in [0.05, 0.1) is 6.61 Å². The Labute approximate surface area is 131 Å². The van der Waals surface area contributed by atoms with Crippen LogP contribution in [0.3, 0.4) is 0 Å². The van der Waals surface area contributed by atoms with E-state index in [-0.39, 0.29) is 5.91 Å². The van der Waals surface area contributed by atoms with Gasteiger partial charge in [0.1, 0.15) is 6.61 Å². The summed E-state index contributed by atoms with van der Waals surface area (Å²) >= 11 is 0. The van der Waals surface area contributed by atoms with Crippen molar-refractivity contribution in [3.8, 4) is 11.5 Å². The first kappa shape index (κ1) is 14.9. The Morgan fingerprint density at radius 1 is 1.36 bits per heavy atom. The van der Waals surface area contributed by atoms with Gasteiger partial charge in [0.25, 0.3) is 5.91 Å². The molecule has 0 N–H and O–H groups in total. The summed E-state index contributed by atoms with van der Waals surface area (Å²) in [4.78, 5) is 14.8. The highest BCUT2D eigenvalue weighted by atomic mass is 16.5. The van der Waals surface area contributed by atoms with Gasteiger partial charge < -0.3 is 14.4 Å². The second-order valence-corrected chi connectivity index (χ2v) is 5.98. The van der Waals surface area contributed by atoms with Crippen molar-refractivity contribution in [3.05, 3.63) is 36.4 Å². The molecule has 2 atom stereocenters. The lowest BCUT2D eigenvalue weighted by Crippen LogP contribution is -2.37. The van der Waals surface area contributed by atoms with Crippen molar-refractivity contribution in [2.24, 2.45) is 5.92 Å². The monoisotopic (exact) mass is 301 g/mol. The lowest BCUT2D eigenvalue weighted by Gasteiger charge is -2.27. The van der Waals surface area contributed by atoms with E-state index in [9.17, 15) is 4.79 Å². The standard InChI is InChI=1S/C18H23NO3/c1-3-9-22-16-8-6-14(11-17(16)21-4-2)18(20)19-12-13-5-7-15(19)10-13/h3,6,8,11,13,15H,1,4-5,7,9-10,12H2,2H3/t13-,15-/m0/s1. The number of piperidine rings is 1. The van der Waals surface area contributed by atoms with Crippen molar-refractivity contribution in [2.45, 2.75) is 32.2 Å². The lowest BCUT2D eigenvalue weighted by molar-refractivity contribution is 0.0703. The van der Waals surface area contributed by atoms with Crippen molar-refractivity contribution in [3.63, 3.8) is 0 Å². The van der Waals surface area contributed by atoms with Crippen LogP contribution in [0, 0.1) is 5.92 Å². The van der Waals surface area contributed by atoms with E-state index in [1.54, 1.807) is 12.1 Å². The van der Waals surface area contributed by atoms with E-state index in [0.717, 1.165) is 13.0 Å². The SMILES string of the molecule is C=CCOc1ccc(C(=O)N2C[C@H]3CC[C@H]2C3)cc1OCC. The molecule has 4 nitrogen and oxygen atoms in total. The largest absolute Gasteiger partial charge is 0.490 e. The zero-order valence-electron chi connectivity index (χ0n) is 13.1. The van der Waals surface area contributed by atoms with Crippen LogP contribution in [-0.2, 0) is 0 Å². The quantitative estimate of drug-likeness (QED) is 0.757. The van der Waals surface area contributed by atoms with Crippen LogP contribution in [-0.4, -0.2) is 36.6 Å². The van der Waals surface area contributed by atoms with Crippen molar-refractivity contribution in [2.75, 3.05) is 19.8 Å². The summed E-state index contributed by atoms with van der Waals surface area (Å²) in [7, 11) is 0. The van der Waals surface area contributed by atoms with Gasteiger partial charge in [-0.1, -0.05) is 12.7 Å². The highest BCUT2D eigenvalue weighted by Gasteiger charge is 2.40. The maximum atomic E-state index is 12.7. The minimum Gasteiger partial charge on any atom is -0.490 e. The molecule has 1 aliphatic heterocycles. The van der Waals surface area contributed by atoms with Crippen LogP contribution in [0.25, 0.3) is 0 Å². The van der Waals surface area contributed by atoms with E-state index in [2.05, 4.69) is 6.58 Å². The normalized spacial score (nSPS) is 22.7. The fraction of sp³-hybridized carbons (Fsp3) is 0.500. The molecule has 0 spiro atoms. The summed E-state index contributed by atoms with van der Waals surface area (Å²) in [6.07, 6.45) is 5.28. The number of hydrogen-bond acceptors (Lipinski definition) is 3. The van der Waals surface area contributed by atoms with Crippen LogP contribution in [0.4, 0.5) is 0 Å². The summed E-state index contributed by atoms with van der Waals surface area (Å²) in [5, 5.41) is 0. The smallest absolute Gasteiger partial charge is 0.254 e. The van der Waals surface area contributed by atoms with E-state index in [4.69, 9.17) is 9.47 Å². The van der Waals surface area contributed by atoms with Gasteiger partial charge in [0, 0.05) is 18.2 Å². The molecule has 22 heavy (non-hydrogen) atoms. The molecule has 0 unspecified atom stereocenters. The molecule has 1 aromatic rings. The van der Waals surface area contributed by atoms with E-state index in [1.165, 1.54) is 12.8 Å². The molecule has 0 radical (unpaired) electrons. The molecule has 1 amide bonds. The van der Waals surface area contributed by atoms with Crippen molar-refractivity contribution >= 4 is 5.91 Å². The van der Waals surface area contributed by atoms with Crippen LogP contribution in [0.5, 0.6) is 11.5 Å². The van der Waals surface area contributed by atoms with Crippen LogP contribution in [0.2, 0.25) is 0 Å². The van der Waals surface area contributed by atoms with Crippen molar-refractivity contribution < 1.29 is 14.3 Å². The summed E-state index contributed by atoms with van der Waals surface area (Å²) in [6, 6.07) is 5.88. The molecule has 1 aromatic carbocycles. The van der Waals surface area contributed by atoms with Crippen LogP contribution >= 0.6 is 0 Å². The van der Waals surface area contributed by atoms with Crippen molar-refractivity contribution in [1.82, 2.24) is 4.90 Å². The Hall–Kier alpha value is -1.97. The van der Waals surface area contributed by atoms with Gasteiger partial charge in [-0.2, -0.15) is 0 Å². The Morgan fingerprint density at radius 2 is 2.23 bits per heavy atom. The van der Waals surface area contributed by atoms with Gasteiger partial charge in [0.15, 0.2) is 11.5 Å². The zero-order chi connectivity index (χ0) is 15.5. The molecular weight excluding hydrogens is 278 g/mol. The lowest BCUT2D eigenvalue weighted by atomic mass is 10.1. The molecule has 2 fully saturated rings. The molecule has 2 aliphatic rings. The third kappa shape index (κ3) is 2.82. The maximum absolute atomic E-state index is 12.7. The molecule has 1 saturated carbocycles. The number of carbonyl (C=O) groups excluding carboxylic acids is 1. The molecule has 4 heteroatoms. The summed E-state index contributed by atoms with van der Waals surface area (Å²) in [5.74, 6) is 2.10. The van der Waals surface area contributed by atoms with Gasteiger partial charge in [-0.05, 0) is 50.3 Å². The van der Waals surface area contributed by atoms with Crippen LogP contribution < -0.4 is 9.47 Å². The maximum Gasteiger partial charge on any atom is 0.254 e. The van der Waals surface area contributed by atoms with E-state index < -0.39 is 0 Å².